The van der Waals surface area contributed by atoms with Gasteiger partial charge in [-0.25, -0.2) is 14.6 Å². The molecule has 4 rings (SSSR count). The van der Waals surface area contributed by atoms with Crippen LogP contribution in [-0.2, 0) is 29.7 Å². The summed E-state index contributed by atoms with van der Waals surface area (Å²) < 4.78 is 45.5. The Balaban J connectivity index is 1.42. The Morgan fingerprint density at radius 2 is 1.98 bits per heavy atom. The third kappa shape index (κ3) is 7.46. The van der Waals surface area contributed by atoms with Crippen LogP contribution in [0.5, 0.6) is 0 Å². The van der Waals surface area contributed by atoms with Crippen LogP contribution in [-0.4, -0.2) is 83.8 Å². The largest absolute Gasteiger partial charge is 0.405 e. The molecule has 3 aromatic rings. The molecular weight excluding hydrogens is 582 g/mol. The number of aromatic nitrogens is 4. The molecule has 1 saturated heterocycles. The van der Waals surface area contributed by atoms with E-state index in [1.54, 1.807) is 13.8 Å². The molecule has 3 heterocycles. The van der Waals surface area contributed by atoms with E-state index in [1.165, 1.54) is 10.9 Å². The molecule has 1 fully saturated rings. The first-order valence-electron chi connectivity index (χ1n) is 12.6. The minimum atomic E-state index is -4.03. The molecule has 0 bridgehead atoms. The molecule has 2 aromatic heterocycles. The molecule has 41 heavy (non-hydrogen) atoms. The number of benzene rings is 1. The van der Waals surface area contributed by atoms with Gasteiger partial charge in [-0.05, 0) is 19.4 Å². The summed E-state index contributed by atoms with van der Waals surface area (Å²) in [5.41, 5.74) is 5.58. The number of aliphatic hydroxyl groups excluding tert-OH is 3. The number of ether oxygens (including phenoxy) is 1. The number of fused-ring (bicyclic) bond motifs is 1. The average molecular weight is 615 g/mol. The predicted octanol–water partition coefficient (Wildman–Crippen LogP) is 1.38. The zero-order chi connectivity index (χ0) is 29.8. The zero-order valence-electron chi connectivity index (χ0n) is 22.3. The van der Waals surface area contributed by atoms with E-state index in [-0.39, 0.29) is 47.6 Å². The van der Waals surface area contributed by atoms with Gasteiger partial charge < -0.3 is 25.8 Å². The number of halogens is 1. The Bertz CT molecular complexity index is 1400. The predicted molar refractivity (Wildman–Crippen MR) is 147 cm³/mol. The lowest BCUT2D eigenvalue weighted by Crippen LogP contribution is -2.34. The number of rotatable bonds is 13. The van der Waals surface area contributed by atoms with Crippen LogP contribution < -0.4 is 10.8 Å². The maximum Gasteiger partial charge on any atom is 0.405 e. The lowest BCUT2D eigenvalue weighted by Gasteiger charge is -2.23. The number of aliphatic hydroxyl groups is 3. The second-order valence-corrected chi connectivity index (χ2v) is 12.8. The first kappa shape index (κ1) is 31.4. The van der Waals surface area contributed by atoms with Crippen LogP contribution in [0.2, 0.25) is 0 Å². The number of nitrogens with zero attached hydrogens (tertiary/aromatic N) is 4. The highest BCUT2D eigenvalue weighted by Crippen LogP contribution is 2.45. The Kier molecular flexibility index (Phi) is 10.1. The van der Waals surface area contributed by atoms with Gasteiger partial charge in [0.15, 0.2) is 28.3 Å². The molecular formula is C24H32FN6O8PS. The quantitative estimate of drug-likeness (QED) is 0.105. The van der Waals surface area contributed by atoms with E-state index in [2.05, 4.69) is 20.0 Å². The minimum Gasteiger partial charge on any atom is -0.395 e. The maximum atomic E-state index is 13.8. The van der Waals surface area contributed by atoms with Crippen LogP contribution >= 0.6 is 19.5 Å². The van der Waals surface area contributed by atoms with Gasteiger partial charge in [0.25, 0.3) is 0 Å². The van der Waals surface area contributed by atoms with Crippen molar-refractivity contribution in [1.82, 2.24) is 24.6 Å². The van der Waals surface area contributed by atoms with E-state index in [9.17, 15) is 29.1 Å². The van der Waals surface area contributed by atoms with Gasteiger partial charge in [-0.15, -0.1) is 0 Å². The summed E-state index contributed by atoms with van der Waals surface area (Å²) in [6.07, 6.45) is -5.30. The maximum absolute atomic E-state index is 13.8. The van der Waals surface area contributed by atoms with E-state index in [0.717, 1.165) is 17.3 Å². The molecule has 0 amide bonds. The van der Waals surface area contributed by atoms with Crippen LogP contribution in [0.4, 0.5) is 10.2 Å². The average Bonchev–Trinajstić information content (AvgIpc) is 3.49. The van der Waals surface area contributed by atoms with Crippen molar-refractivity contribution in [3.63, 3.8) is 0 Å². The highest BCUT2D eigenvalue weighted by Gasteiger charge is 2.45. The lowest BCUT2D eigenvalue weighted by molar-refractivity contribution is -0.119. The molecule has 5 atom stereocenters. The first-order valence-corrected chi connectivity index (χ1v) is 15.1. The molecule has 14 nitrogen and oxygen atoms in total. The summed E-state index contributed by atoms with van der Waals surface area (Å²) in [5, 5.41) is 33.2. The Morgan fingerprint density at radius 1 is 1.24 bits per heavy atom. The summed E-state index contributed by atoms with van der Waals surface area (Å²) in [6, 6.07) is 9.06. The number of hydrogen-bond donors (Lipinski definition) is 5. The number of carbonyl (C=O) groups is 1. The van der Waals surface area contributed by atoms with E-state index < -0.39 is 50.4 Å². The molecule has 1 aromatic carbocycles. The Morgan fingerprint density at radius 3 is 2.68 bits per heavy atom. The highest BCUT2D eigenvalue weighted by molar-refractivity contribution is 8.13. The molecule has 6 N–H and O–H groups in total. The van der Waals surface area contributed by atoms with Gasteiger partial charge in [-0.2, -0.15) is 14.4 Å². The van der Waals surface area contributed by atoms with Crippen LogP contribution in [0.25, 0.3) is 11.2 Å². The van der Waals surface area contributed by atoms with Crippen molar-refractivity contribution in [3.8, 4) is 0 Å². The van der Waals surface area contributed by atoms with E-state index in [0.29, 0.717) is 0 Å². The third-order valence-electron chi connectivity index (χ3n) is 6.29. The van der Waals surface area contributed by atoms with Crippen molar-refractivity contribution < 1.29 is 42.9 Å². The molecule has 0 radical (unpaired) electrons. The van der Waals surface area contributed by atoms with Crippen LogP contribution in [0.3, 0.4) is 0 Å². The van der Waals surface area contributed by atoms with E-state index >= 15 is 0 Å². The molecule has 1 aliphatic heterocycles. The number of imidazole rings is 1. The number of anilines is 1. The molecule has 0 saturated carbocycles. The Labute approximate surface area is 239 Å². The van der Waals surface area contributed by atoms with Gasteiger partial charge in [0.1, 0.15) is 18.3 Å². The van der Waals surface area contributed by atoms with Crippen LogP contribution in [0.15, 0.2) is 36.7 Å². The van der Waals surface area contributed by atoms with Crippen molar-refractivity contribution in [2.45, 2.75) is 44.9 Å². The summed E-state index contributed by atoms with van der Waals surface area (Å²) >= 11 is 0.928. The molecule has 0 spiro atoms. The summed E-state index contributed by atoms with van der Waals surface area (Å²) in [4.78, 5) is 23.4. The van der Waals surface area contributed by atoms with Crippen LogP contribution in [0.1, 0.15) is 25.6 Å². The minimum absolute atomic E-state index is 0.0530. The van der Waals surface area contributed by atoms with Crippen molar-refractivity contribution in [1.29, 1.82) is 0 Å². The smallest absolute Gasteiger partial charge is 0.395 e. The molecule has 0 aliphatic carbocycles. The highest BCUT2D eigenvalue weighted by atomic mass is 32.2. The second kappa shape index (κ2) is 13.2. The van der Waals surface area contributed by atoms with Gasteiger partial charge in [0.05, 0.1) is 31.6 Å². The molecule has 17 heteroatoms. The van der Waals surface area contributed by atoms with E-state index in [4.69, 9.17) is 19.5 Å². The van der Waals surface area contributed by atoms with Gasteiger partial charge in [-0.1, -0.05) is 42.1 Å². The third-order valence-corrected chi connectivity index (χ3v) is 9.03. The number of hydrogen-bond acceptors (Lipinski definition) is 13. The van der Waals surface area contributed by atoms with Crippen LogP contribution in [0, 0.1) is 11.5 Å². The van der Waals surface area contributed by atoms with Gasteiger partial charge >= 0.3 is 13.8 Å². The fraction of sp³-hybridized carbons (Fsp3) is 0.500. The fourth-order valence-electron chi connectivity index (χ4n) is 3.83. The monoisotopic (exact) mass is 614 g/mol. The SMILES string of the molecule is CC(C)(CO)C(=O)SCCOP(=O)(NCc1ccccc1)OCC1OC(n2cnc3c(N)nc(F)nc32)C(O)C1O. The summed E-state index contributed by atoms with van der Waals surface area (Å²) in [5.74, 6) is -0.0668. The summed E-state index contributed by atoms with van der Waals surface area (Å²) in [7, 11) is -4.03. The van der Waals surface area contributed by atoms with Crippen molar-refractivity contribution in [3.05, 3.63) is 48.3 Å². The topological polar surface area (TPSA) is 204 Å². The van der Waals surface area contributed by atoms with Gasteiger partial charge in [0, 0.05) is 12.3 Å². The van der Waals surface area contributed by atoms with E-state index in [1.807, 2.05) is 30.3 Å². The first-order chi connectivity index (χ1) is 19.4. The zero-order valence-corrected chi connectivity index (χ0v) is 24.0. The summed E-state index contributed by atoms with van der Waals surface area (Å²) in [6.45, 7) is 2.42. The van der Waals surface area contributed by atoms with Crippen molar-refractivity contribution in [2.24, 2.45) is 5.41 Å². The second-order valence-electron chi connectivity index (χ2n) is 9.87. The fourth-order valence-corrected chi connectivity index (χ4v) is 6.07. The number of thioether (sulfide) groups is 1. The Hall–Kier alpha value is -2.53. The number of nitrogens with one attached hydrogen (secondary N) is 1. The molecule has 1 aliphatic rings. The van der Waals surface area contributed by atoms with Gasteiger partial charge in [-0.3, -0.25) is 18.4 Å². The number of nitrogen functional groups attached to an aromatic ring is 1. The van der Waals surface area contributed by atoms with Crippen molar-refractivity contribution in [2.75, 3.05) is 31.3 Å². The molecule has 224 valence electrons. The van der Waals surface area contributed by atoms with Crippen molar-refractivity contribution >= 4 is 41.6 Å². The standard InChI is InChI=1S/C24H32FN6O8PS/c1-24(2,12-32)22(35)41-9-8-37-40(36,28-10-14-6-4-3-5-7-14)38-11-15-17(33)18(34)21(39-15)31-13-27-16-19(26)29-23(25)30-20(16)31/h3-7,13,15,17-18,21,32-34H,8-12H2,1-2H3,(H,28,36)(H2,26,29,30). The van der Waals surface area contributed by atoms with Gasteiger partial charge in [0.2, 0.25) is 0 Å². The number of carbonyl (C=O) groups excluding carboxylic acids is 1. The normalized spacial score (nSPS) is 22.7. The number of nitrogens with two attached hydrogens (primary N) is 1. The lowest BCUT2D eigenvalue weighted by atomic mass is 9.97. The molecule has 5 unspecified atom stereocenters.